The van der Waals surface area contributed by atoms with Gasteiger partial charge in [-0.3, -0.25) is 0 Å². The van der Waals surface area contributed by atoms with Gasteiger partial charge in [0.25, 0.3) is 0 Å². The standard InChI is InChI=1S/C15H20BrN/c16-12-4-6-13(7-5-12)17-14-8-11-15(14)9-2-1-3-10-15/h4-7,14,17H,1-3,8-11H2. The summed E-state index contributed by atoms with van der Waals surface area (Å²) in [6.07, 6.45) is 10.0. The molecule has 1 aromatic rings. The van der Waals surface area contributed by atoms with Crippen LogP contribution in [0.1, 0.15) is 44.9 Å². The molecule has 0 bridgehead atoms. The molecule has 0 aliphatic heterocycles. The molecule has 2 aliphatic carbocycles. The Bertz CT molecular complexity index is 378. The summed E-state index contributed by atoms with van der Waals surface area (Å²) in [5.74, 6) is 0. The van der Waals surface area contributed by atoms with E-state index in [1.54, 1.807) is 0 Å². The van der Waals surface area contributed by atoms with Gasteiger partial charge in [-0.2, -0.15) is 0 Å². The Morgan fingerprint density at radius 2 is 1.71 bits per heavy atom. The molecule has 1 spiro atoms. The van der Waals surface area contributed by atoms with Gasteiger partial charge >= 0.3 is 0 Å². The molecule has 0 amide bonds. The first-order valence-electron chi connectivity index (χ1n) is 6.81. The molecule has 1 N–H and O–H groups in total. The first-order chi connectivity index (χ1) is 8.28. The van der Waals surface area contributed by atoms with E-state index in [2.05, 4.69) is 45.5 Å². The molecule has 0 aromatic heterocycles. The smallest absolute Gasteiger partial charge is 0.0343 e. The maximum Gasteiger partial charge on any atom is 0.0343 e. The third-order valence-corrected chi connectivity index (χ3v) is 5.23. The highest BCUT2D eigenvalue weighted by Gasteiger charge is 2.46. The number of nitrogens with one attached hydrogen (secondary N) is 1. The summed E-state index contributed by atoms with van der Waals surface area (Å²) in [6.45, 7) is 0. The molecule has 2 heteroatoms. The van der Waals surface area contributed by atoms with E-state index in [1.807, 2.05) is 0 Å². The summed E-state index contributed by atoms with van der Waals surface area (Å²) in [7, 11) is 0. The predicted molar refractivity (Wildman–Crippen MR) is 76.3 cm³/mol. The molecule has 17 heavy (non-hydrogen) atoms. The van der Waals surface area contributed by atoms with E-state index in [1.165, 1.54) is 50.6 Å². The molecule has 0 heterocycles. The van der Waals surface area contributed by atoms with Crippen LogP contribution in [0.2, 0.25) is 0 Å². The first-order valence-corrected chi connectivity index (χ1v) is 7.60. The highest BCUT2D eigenvalue weighted by molar-refractivity contribution is 9.10. The van der Waals surface area contributed by atoms with Crippen LogP contribution < -0.4 is 5.32 Å². The SMILES string of the molecule is Brc1ccc(NC2CCC23CCCCC3)cc1. The maximum absolute atomic E-state index is 3.75. The van der Waals surface area contributed by atoms with Crippen molar-refractivity contribution in [3.63, 3.8) is 0 Å². The highest BCUT2D eigenvalue weighted by atomic mass is 79.9. The van der Waals surface area contributed by atoms with Gasteiger partial charge in [-0.25, -0.2) is 0 Å². The minimum absolute atomic E-state index is 0.644. The fraction of sp³-hybridized carbons (Fsp3) is 0.600. The van der Waals surface area contributed by atoms with Crippen LogP contribution in [0.3, 0.4) is 0 Å². The van der Waals surface area contributed by atoms with E-state index in [9.17, 15) is 0 Å². The lowest BCUT2D eigenvalue weighted by atomic mass is 9.57. The number of benzene rings is 1. The zero-order chi connectivity index (χ0) is 11.7. The summed E-state index contributed by atoms with van der Waals surface area (Å²) in [5, 5.41) is 3.75. The molecule has 1 atom stereocenters. The molecule has 2 aliphatic rings. The Balaban J connectivity index is 1.67. The first kappa shape index (κ1) is 11.6. The Labute approximate surface area is 112 Å². The molecule has 0 saturated heterocycles. The van der Waals surface area contributed by atoms with E-state index >= 15 is 0 Å². The quantitative estimate of drug-likeness (QED) is 0.811. The van der Waals surface area contributed by atoms with Crippen molar-refractivity contribution < 1.29 is 0 Å². The molecular formula is C15H20BrN. The van der Waals surface area contributed by atoms with Gasteiger partial charge in [-0.05, 0) is 55.4 Å². The third kappa shape index (κ3) is 2.24. The minimum Gasteiger partial charge on any atom is -0.382 e. The Morgan fingerprint density at radius 1 is 1.00 bits per heavy atom. The normalized spacial score (nSPS) is 26.5. The molecule has 2 fully saturated rings. The monoisotopic (exact) mass is 293 g/mol. The topological polar surface area (TPSA) is 12.0 Å². The molecule has 2 saturated carbocycles. The van der Waals surface area contributed by atoms with Crippen LogP contribution in [0.5, 0.6) is 0 Å². The van der Waals surface area contributed by atoms with Crippen molar-refractivity contribution in [3.05, 3.63) is 28.7 Å². The van der Waals surface area contributed by atoms with E-state index in [0.29, 0.717) is 5.41 Å². The van der Waals surface area contributed by atoms with Gasteiger partial charge in [-0.15, -0.1) is 0 Å². The second kappa shape index (κ2) is 4.64. The molecule has 92 valence electrons. The van der Waals surface area contributed by atoms with Crippen LogP contribution in [0.4, 0.5) is 5.69 Å². The Kier molecular flexibility index (Phi) is 3.16. The van der Waals surface area contributed by atoms with Gasteiger partial charge in [0.1, 0.15) is 0 Å². The molecular weight excluding hydrogens is 274 g/mol. The molecule has 1 unspecified atom stereocenters. The zero-order valence-electron chi connectivity index (χ0n) is 10.2. The van der Waals surface area contributed by atoms with E-state index in [0.717, 1.165) is 10.5 Å². The van der Waals surface area contributed by atoms with E-state index < -0.39 is 0 Å². The Hall–Kier alpha value is -0.500. The van der Waals surface area contributed by atoms with Crippen LogP contribution in [0, 0.1) is 5.41 Å². The summed E-state index contributed by atoms with van der Waals surface area (Å²) < 4.78 is 1.16. The highest BCUT2D eigenvalue weighted by Crippen LogP contribution is 2.52. The largest absolute Gasteiger partial charge is 0.382 e. The number of hydrogen-bond donors (Lipinski definition) is 1. The van der Waals surface area contributed by atoms with E-state index in [-0.39, 0.29) is 0 Å². The van der Waals surface area contributed by atoms with Gasteiger partial charge in [0.05, 0.1) is 0 Å². The summed E-state index contributed by atoms with van der Waals surface area (Å²) in [6, 6.07) is 9.32. The van der Waals surface area contributed by atoms with Gasteiger partial charge in [0.2, 0.25) is 0 Å². The van der Waals surface area contributed by atoms with Crippen molar-refractivity contribution in [2.75, 3.05) is 5.32 Å². The molecule has 3 rings (SSSR count). The van der Waals surface area contributed by atoms with Crippen molar-refractivity contribution in [2.45, 2.75) is 51.0 Å². The number of halogens is 1. The molecule has 1 aromatic carbocycles. The summed E-state index contributed by atoms with van der Waals surface area (Å²) >= 11 is 3.49. The van der Waals surface area contributed by atoms with Crippen molar-refractivity contribution in [2.24, 2.45) is 5.41 Å². The fourth-order valence-corrected chi connectivity index (χ4v) is 3.79. The van der Waals surface area contributed by atoms with E-state index in [4.69, 9.17) is 0 Å². The van der Waals surface area contributed by atoms with Crippen molar-refractivity contribution >= 4 is 21.6 Å². The van der Waals surface area contributed by atoms with Gasteiger partial charge in [0.15, 0.2) is 0 Å². The van der Waals surface area contributed by atoms with Crippen LogP contribution in [-0.2, 0) is 0 Å². The average Bonchev–Trinajstić information content (AvgIpc) is 2.38. The third-order valence-electron chi connectivity index (χ3n) is 4.70. The number of anilines is 1. The summed E-state index contributed by atoms with van der Waals surface area (Å²) in [5.41, 5.74) is 1.92. The minimum atomic E-state index is 0.644. The van der Waals surface area contributed by atoms with Crippen molar-refractivity contribution in [1.82, 2.24) is 0 Å². The number of hydrogen-bond acceptors (Lipinski definition) is 1. The van der Waals surface area contributed by atoms with Crippen molar-refractivity contribution in [1.29, 1.82) is 0 Å². The van der Waals surface area contributed by atoms with Crippen molar-refractivity contribution in [3.8, 4) is 0 Å². The van der Waals surface area contributed by atoms with Gasteiger partial charge in [0, 0.05) is 16.2 Å². The zero-order valence-corrected chi connectivity index (χ0v) is 11.8. The molecule has 1 nitrogen and oxygen atoms in total. The fourth-order valence-electron chi connectivity index (χ4n) is 3.52. The second-order valence-corrected chi connectivity index (χ2v) is 6.58. The molecule has 0 radical (unpaired) electrons. The second-order valence-electron chi connectivity index (χ2n) is 5.67. The van der Waals surface area contributed by atoms with Gasteiger partial charge in [-0.1, -0.05) is 35.2 Å². The Morgan fingerprint density at radius 3 is 2.29 bits per heavy atom. The lowest BCUT2D eigenvalue weighted by Crippen LogP contribution is -2.50. The van der Waals surface area contributed by atoms with Gasteiger partial charge < -0.3 is 5.32 Å². The van der Waals surface area contributed by atoms with Crippen LogP contribution in [0.15, 0.2) is 28.7 Å². The average molecular weight is 294 g/mol. The van der Waals surface area contributed by atoms with Crippen LogP contribution >= 0.6 is 15.9 Å². The number of rotatable bonds is 2. The summed E-state index contributed by atoms with van der Waals surface area (Å²) in [4.78, 5) is 0. The predicted octanol–water partition coefficient (Wildman–Crippen LogP) is 4.97. The van der Waals surface area contributed by atoms with Crippen LogP contribution in [0.25, 0.3) is 0 Å². The maximum atomic E-state index is 3.75. The lowest BCUT2D eigenvalue weighted by molar-refractivity contribution is 0.0571. The van der Waals surface area contributed by atoms with Crippen LogP contribution in [-0.4, -0.2) is 6.04 Å². The lowest BCUT2D eigenvalue weighted by Gasteiger charge is -2.52.